The molecular weight excluding hydrogens is 418 g/mol. The first kappa shape index (κ1) is 19.6. The molecule has 1 fully saturated rings. The van der Waals surface area contributed by atoms with Crippen molar-refractivity contribution in [3.63, 3.8) is 0 Å². The standard InChI is InChI=1S/C21H23N5O2S2/c27-19(25-8-6-18-16(14-25)7-13-29-18)15-30-21-23-22-20(24-9-11-28-12-10-24)26(21)17-4-2-1-3-5-17/h1-5,7,13H,6,8-12,14-15H2. The smallest absolute Gasteiger partial charge is 0.233 e. The van der Waals surface area contributed by atoms with Gasteiger partial charge in [-0.25, -0.2) is 0 Å². The van der Waals surface area contributed by atoms with E-state index in [9.17, 15) is 4.79 Å². The van der Waals surface area contributed by atoms with Gasteiger partial charge in [-0.1, -0.05) is 30.0 Å². The number of fused-ring (bicyclic) bond motifs is 1. The summed E-state index contributed by atoms with van der Waals surface area (Å²) in [6, 6.07) is 12.2. The predicted octanol–water partition coefficient (Wildman–Crippen LogP) is 2.84. The lowest BCUT2D eigenvalue weighted by Crippen LogP contribution is -2.38. The summed E-state index contributed by atoms with van der Waals surface area (Å²) in [5.74, 6) is 1.31. The van der Waals surface area contributed by atoms with Gasteiger partial charge in [-0.05, 0) is 35.6 Å². The van der Waals surface area contributed by atoms with Gasteiger partial charge >= 0.3 is 0 Å². The third-order valence-corrected chi connectivity index (χ3v) is 7.35. The fourth-order valence-corrected chi connectivity index (χ4v) is 5.55. The number of carbonyl (C=O) groups excluding carboxylic acids is 1. The number of benzene rings is 1. The van der Waals surface area contributed by atoms with Crippen LogP contribution in [0.4, 0.5) is 5.95 Å². The van der Waals surface area contributed by atoms with Crippen molar-refractivity contribution in [2.24, 2.45) is 0 Å². The van der Waals surface area contributed by atoms with Crippen LogP contribution in [-0.4, -0.2) is 64.2 Å². The van der Waals surface area contributed by atoms with Crippen LogP contribution in [0.2, 0.25) is 0 Å². The summed E-state index contributed by atoms with van der Waals surface area (Å²) in [7, 11) is 0. The number of amides is 1. The van der Waals surface area contributed by atoms with Crippen LogP contribution >= 0.6 is 23.1 Å². The normalized spacial score (nSPS) is 16.5. The Morgan fingerprint density at radius 2 is 1.93 bits per heavy atom. The molecule has 0 saturated carbocycles. The van der Waals surface area contributed by atoms with Crippen LogP contribution in [0.5, 0.6) is 0 Å². The van der Waals surface area contributed by atoms with Crippen molar-refractivity contribution in [1.29, 1.82) is 0 Å². The minimum Gasteiger partial charge on any atom is -0.378 e. The van der Waals surface area contributed by atoms with Crippen molar-refractivity contribution in [3.8, 4) is 5.69 Å². The number of thiophene rings is 1. The maximum absolute atomic E-state index is 12.9. The summed E-state index contributed by atoms with van der Waals surface area (Å²) < 4.78 is 7.54. The third-order valence-electron chi connectivity index (χ3n) is 5.41. The molecule has 2 aliphatic rings. The number of hydrogen-bond acceptors (Lipinski definition) is 7. The molecule has 156 valence electrons. The fourth-order valence-electron chi connectivity index (χ4n) is 3.81. The first-order valence-electron chi connectivity index (χ1n) is 10.1. The monoisotopic (exact) mass is 441 g/mol. The van der Waals surface area contributed by atoms with E-state index in [1.807, 2.05) is 35.2 Å². The van der Waals surface area contributed by atoms with Crippen molar-refractivity contribution >= 4 is 35.0 Å². The summed E-state index contributed by atoms with van der Waals surface area (Å²) in [6.07, 6.45) is 0.949. The highest BCUT2D eigenvalue weighted by molar-refractivity contribution is 7.99. The van der Waals surface area contributed by atoms with Crippen molar-refractivity contribution < 1.29 is 9.53 Å². The first-order valence-corrected chi connectivity index (χ1v) is 12.0. The van der Waals surface area contributed by atoms with E-state index in [-0.39, 0.29) is 5.91 Å². The summed E-state index contributed by atoms with van der Waals surface area (Å²) in [4.78, 5) is 18.4. The predicted molar refractivity (Wildman–Crippen MR) is 119 cm³/mol. The fraction of sp³-hybridized carbons (Fsp3) is 0.381. The minimum absolute atomic E-state index is 0.146. The van der Waals surface area contributed by atoms with Crippen LogP contribution < -0.4 is 4.90 Å². The maximum Gasteiger partial charge on any atom is 0.233 e. The molecule has 0 N–H and O–H groups in total. The lowest BCUT2D eigenvalue weighted by Gasteiger charge is -2.28. The second-order valence-electron chi connectivity index (χ2n) is 7.28. The Morgan fingerprint density at radius 1 is 1.10 bits per heavy atom. The van der Waals surface area contributed by atoms with Crippen molar-refractivity contribution in [3.05, 3.63) is 52.2 Å². The number of ether oxygens (including phenoxy) is 1. The zero-order valence-electron chi connectivity index (χ0n) is 16.6. The largest absolute Gasteiger partial charge is 0.378 e. The number of hydrogen-bond donors (Lipinski definition) is 0. The molecule has 2 aromatic heterocycles. The van der Waals surface area contributed by atoms with Gasteiger partial charge in [0.15, 0.2) is 5.16 Å². The molecule has 1 saturated heterocycles. The Morgan fingerprint density at radius 3 is 2.77 bits per heavy atom. The number of carbonyl (C=O) groups is 1. The number of anilines is 1. The molecular formula is C21H23N5O2S2. The quantitative estimate of drug-likeness (QED) is 0.568. The molecule has 2 aliphatic heterocycles. The summed E-state index contributed by atoms with van der Waals surface area (Å²) in [6.45, 7) is 4.43. The average Bonchev–Trinajstić information content (AvgIpc) is 3.45. The Kier molecular flexibility index (Phi) is 5.74. The van der Waals surface area contributed by atoms with Gasteiger partial charge in [-0.3, -0.25) is 9.36 Å². The van der Waals surface area contributed by atoms with Gasteiger partial charge in [-0.2, -0.15) is 0 Å². The van der Waals surface area contributed by atoms with Gasteiger partial charge in [0.1, 0.15) is 0 Å². The van der Waals surface area contributed by atoms with E-state index in [2.05, 4.69) is 31.1 Å². The van der Waals surface area contributed by atoms with E-state index in [1.165, 1.54) is 22.2 Å². The molecule has 30 heavy (non-hydrogen) atoms. The average molecular weight is 442 g/mol. The Balaban J connectivity index is 1.34. The summed E-state index contributed by atoms with van der Waals surface area (Å²) >= 11 is 3.24. The van der Waals surface area contributed by atoms with Crippen LogP contribution in [-0.2, 0) is 22.5 Å². The van der Waals surface area contributed by atoms with Crippen LogP contribution in [0.25, 0.3) is 5.69 Å². The second-order valence-corrected chi connectivity index (χ2v) is 9.22. The molecule has 0 atom stereocenters. The van der Waals surface area contributed by atoms with Crippen LogP contribution in [0.15, 0.2) is 46.9 Å². The van der Waals surface area contributed by atoms with Crippen molar-refractivity contribution in [2.45, 2.75) is 18.1 Å². The number of rotatable bonds is 5. The highest BCUT2D eigenvalue weighted by Crippen LogP contribution is 2.28. The molecule has 0 bridgehead atoms. The minimum atomic E-state index is 0.146. The van der Waals surface area contributed by atoms with Gasteiger partial charge in [0, 0.05) is 31.1 Å². The second kappa shape index (κ2) is 8.79. The molecule has 7 nitrogen and oxygen atoms in total. The molecule has 0 aliphatic carbocycles. The summed E-state index contributed by atoms with van der Waals surface area (Å²) in [5, 5.41) is 11.8. The molecule has 0 radical (unpaired) electrons. The molecule has 4 heterocycles. The molecule has 1 amide bonds. The molecule has 5 rings (SSSR count). The van der Waals surface area contributed by atoms with Crippen molar-refractivity contribution in [2.75, 3.05) is 43.5 Å². The molecule has 1 aromatic carbocycles. The van der Waals surface area contributed by atoms with Gasteiger partial charge in [0.2, 0.25) is 11.9 Å². The highest BCUT2D eigenvalue weighted by atomic mass is 32.2. The van der Waals surface area contributed by atoms with E-state index in [0.717, 1.165) is 42.8 Å². The zero-order chi connectivity index (χ0) is 20.3. The molecule has 0 unspecified atom stereocenters. The lowest BCUT2D eigenvalue weighted by molar-refractivity contribution is -0.129. The van der Waals surface area contributed by atoms with E-state index >= 15 is 0 Å². The van der Waals surface area contributed by atoms with E-state index in [1.54, 1.807) is 11.3 Å². The third kappa shape index (κ3) is 3.97. The number of morpholine rings is 1. The van der Waals surface area contributed by atoms with Crippen LogP contribution in [0.3, 0.4) is 0 Å². The van der Waals surface area contributed by atoms with Crippen LogP contribution in [0, 0.1) is 0 Å². The van der Waals surface area contributed by atoms with Gasteiger partial charge in [0.05, 0.1) is 24.7 Å². The first-order chi connectivity index (χ1) is 14.8. The van der Waals surface area contributed by atoms with Gasteiger partial charge < -0.3 is 14.5 Å². The highest BCUT2D eigenvalue weighted by Gasteiger charge is 2.25. The van der Waals surface area contributed by atoms with Crippen LogP contribution in [0.1, 0.15) is 10.4 Å². The van der Waals surface area contributed by atoms with E-state index < -0.39 is 0 Å². The molecule has 3 aromatic rings. The SMILES string of the molecule is O=C(CSc1nnc(N2CCOCC2)n1-c1ccccc1)N1CCc2sccc2C1. The van der Waals surface area contributed by atoms with E-state index in [0.29, 0.717) is 25.5 Å². The number of para-hydroxylation sites is 1. The Labute approximate surface area is 183 Å². The number of nitrogens with zero attached hydrogens (tertiary/aromatic N) is 5. The van der Waals surface area contributed by atoms with E-state index in [4.69, 9.17) is 4.74 Å². The lowest BCUT2D eigenvalue weighted by atomic mass is 10.1. The zero-order valence-corrected chi connectivity index (χ0v) is 18.2. The maximum atomic E-state index is 12.9. The number of aromatic nitrogens is 3. The van der Waals surface area contributed by atoms with Gasteiger partial charge in [-0.15, -0.1) is 21.5 Å². The molecule has 0 spiro atoms. The Hall–Kier alpha value is -2.36. The topological polar surface area (TPSA) is 63.5 Å². The van der Waals surface area contributed by atoms with Gasteiger partial charge in [0.25, 0.3) is 0 Å². The Bertz CT molecular complexity index is 1010. The summed E-state index contributed by atoms with van der Waals surface area (Å²) in [5.41, 5.74) is 2.28. The molecule has 9 heteroatoms. The number of thioether (sulfide) groups is 1. The van der Waals surface area contributed by atoms with Crippen molar-refractivity contribution in [1.82, 2.24) is 19.7 Å².